The standard InChI is InChI=1S/C42H50N2O6/c1-3-5-7-9-11-19-27-49-41-37(43-29-21-15-13-16-22-29)35-36(40(48)34-32(46)26-25-31(45)33(34)39(35)47)38(44-30-23-17-14-18-24-30)42(41)50-28-20-12-10-8-6-4-2/h13-18,21-26,43-46H,3-12,19-20,27-28H2,1-2H3. The molecule has 1 aliphatic carbocycles. The lowest BCUT2D eigenvalue weighted by Crippen LogP contribution is -2.25. The largest absolute Gasteiger partial charge is 0.507 e. The number of hydrogen-bond acceptors (Lipinski definition) is 8. The first-order chi connectivity index (χ1) is 24.5. The van der Waals surface area contributed by atoms with E-state index in [0.29, 0.717) is 36.1 Å². The summed E-state index contributed by atoms with van der Waals surface area (Å²) in [5.74, 6) is -1.36. The van der Waals surface area contributed by atoms with Crippen molar-refractivity contribution in [3.8, 4) is 23.0 Å². The fourth-order valence-electron chi connectivity index (χ4n) is 6.41. The quantitative estimate of drug-likeness (QED) is 0.0475. The zero-order valence-electron chi connectivity index (χ0n) is 29.4. The smallest absolute Gasteiger partial charge is 0.200 e. The Labute approximate surface area is 295 Å². The summed E-state index contributed by atoms with van der Waals surface area (Å²) in [6.45, 7) is 5.13. The highest BCUT2D eigenvalue weighted by molar-refractivity contribution is 6.34. The van der Waals surface area contributed by atoms with Crippen molar-refractivity contribution in [1.29, 1.82) is 0 Å². The number of ketones is 2. The number of rotatable bonds is 20. The summed E-state index contributed by atoms with van der Waals surface area (Å²) in [5, 5.41) is 28.6. The van der Waals surface area contributed by atoms with E-state index in [1.165, 1.54) is 50.7 Å². The predicted octanol–water partition coefficient (Wildman–Crippen LogP) is 10.8. The van der Waals surface area contributed by atoms with Crippen LogP contribution in [-0.2, 0) is 0 Å². The fourth-order valence-corrected chi connectivity index (χ4v) is 6.41. The molecule has 0 aliphatic heterocycles. The fraction of sp³-hybridized carbons (Fsp3) is 0.381. The average Bonchev–Trinajstić information content (AvgIpc) is 3.13. The van der Waals surface area contributed by atoms with E-state index in [2.05, 4.69) is 24.5 Å². The van der Waals surface area contributed by atoms with Crippen LogP contribution in [-0.4, -0.2) is 35.0 Å². The van der Waals surface area contributed by atoms with Gasteiger partial charge in [-0.25, -0.2) is 0 Å². The van der Waals surface area contributed by atoms with Gasteiger partial charge < -0.3 is 30.3 Å². The Hall–Kier alpha value is -4.98. The molecule has 8 heteroatoms. The van der Waals surface area contributed by atoms with Crippen molar-refractivity contribution in [2.24, 2.45) is 0 Å². The van der Waals surface area contributed by atoms with E-state index in [9.17, 15) is 19.8 Å². The Morgan fingerprint density at radius 1 is 0.480 bits per heavy atom. The van der Waals surface area contributed by atoms with E-state index in [-0.39, 0.29) is 45.1 Å². The number of nitrogens with one attached hydrogen (secondary N) is 2. The van der Waals surface area contributed by atoms with Crippen LogP contribution >= 0.6 is 0 Å². The molecule has 4 aromatic rings. The molecule has 0 heterocycles. The predicted molar refractivity (Wildman–Crippen MR) is 200 cm³/mol. The van der Waals surface area contributed by atoms with Crippen LogP contribution in [0.15, 0.2) is 72.8 Å². The van der Waals surface area contributed by atoms with Gasteiger partial charge in [-0.2, -0.15) is 0 Å². The lowest BCUT2D eigenvalue weighted by atomic mass is 9.80. The third-order valence-corrected chi connectivity index (χ3v) is 9.05. The third kappa shape index (κ3) is 8.59. The van der Waals surface area contributed by atoms with Gasteiger partial charge in [0.1, 0.15) is 11.5 Å². The molecular formula is C42H50N2O6. The lowest BCUT2D eigenvalue weighted by Gasteiger charge is -2.29. The van der Waals surface area contributed by atoms with Crippen molar-refractivity contribution >= 4 is 34.3 Å². The van der Waals surface area contributed by atoms with Crippen molar-refractivity contribution in [2.45, 2.75) is 90.9 Å². The van der Waals surface area contributed by atoms with Crippen molar-refractivity contribution in [1.82, 2.24) is 0 Å². The average molecular weight is 679 g/mol. The molecule has 0 atom stereocenters. The Bertz CT molecular complexity index is 1610. The summed E-state index contributed by atoms with van der Waals surface area (Å²) in [6.07, 6.45) is 12.9. The summed E-state index contributed by atoms with van der Waals surface area (Å²) >= 11 is 0. The van der Waals surface area contributed by atoms with Gasteiger partial charge in [0.2, 0.25) is 11.6 Å². The molecule has 0 bridgehead atoms. The van der Waals surface area contributed by atoms with Crippen LogP contribution in [0.2, 0.25) is 0 Å². The second kappa shape index (κ2) is 18.1. The normalized spacial score (nSPS) is 12.0. The van der Waals surface area contributed by atoms with E-state index in [1.807, 2.05) is 60.7 Å². The number of ether oxygens (including phenoxy) is 2. The summed E-state index contributed by atoms with van der Waals surface area (Å²) < 4.78 is 13.2. The van der Waals surface area contributed by atoms with Crippen LogP contribution in [0.4, 0.5) is 22.7 Å². The van der Waals surface area contributed by atoms with Gasteiger partial charge in [-0.3, -0.25) is 9.59 Å². The number of phenols is 2. The first-order valence-electron chi connectivity index (χ1n) is 18.2. The van der Waals surface area contributed by atoms with E-state index >= 15 is 0 Å². The van der Waals surface area contributed by atoms with Gasteiger partial charge in [-0.15, -0.1) is 0 Å². The number of carbonyl (C=O) groups excluding carboxylic acids is 2. The van der Waals surface area contributed by atoms with Gasteiger partial charge in [0.25, 0.3) is 0 Å². The highest BCUT2D eigenvalue weighted by atomic mass is 16.5. The molecule has 0 aromatic heterocycles. The van der Waals surface area contributed by atoms with Crippen molar-refractivity contribution in [3.05, 3.63) is 95.1 Å². The highest BCUT2D eigenvalue weighted by Gasteiger charge is 2.42. The number of carbonyl (C=O) groups is 2. The van der Waals surface area contributed by atoms with E-state index < -0.39 is 11.6 Å². The van der Waals surface area contributed by atoms with Gasteiger partial charge in [0.15, 0.2) is 11.5 Å². The molecule has 0 radical (unpaired) electrons. The maximum absolute atomic E-state index is 14.6. The summed E-state index contributed by atoms with van der Waals surface area (Å²) in [7, 11) is 0. The number of hydrogen-bond donors (Lipinski definition) is 4. The van der Waals surface area contributed by atoms with Crippen molar-refractivity contribution < 1.29 is 29.3 Å². The van der Waals surface area contributed by atoms with Crippen molar-refractivity contribution in [2.75, 3.05) is 23.8 Å². The number of unbranched alkanes of at least 4 members (excludes halogenated alkanes) is 10. The molecule has 4 N–H and O–H groups in total. The molecule has 0 spiro atoms. The van der Waals surface area contributed by atoms with Gasteiger partial charge >= 0.3 is 0 Å². The zero-order chi connectivity index (χ0) is 35.3. The number of anilines is 4. The molecule has 1 aliphatic rings. The van der Waals surface area contributed by atoms with Gasteiger partial charge in [-0.05, 0) is 49.2 Å². The Morgan fingerprint density at radius 2 is 0.840 bits per heavy atom. The summed E-state index contributed by atoms with van der Waals surface area (Å²) in [4.78, 5) is 29.2. The molecule has 0 amide bonds. The third-order valence-electron chi connectivity index (χ3n) is 9.05. The first kappa shape index (κ1) is 36.3. The Morgan fingerprint density at radius 3 is 1.22 bits per heavy atom. The topological polar surface area (TPSA) is 117 Å². The molecule has 0 unspecified atom stereocenters. The second-order valence-electron chi connectivity index (χ2n) is 12.9. The van der Waals surface area contributed by atoms with Crippen LogP contribution < -0.4 is 20.1 Å². The van der Waals surface area contributed by atoms with Crippen LogP contribution in [0.25, 0.3) is 0 Å². The Balaban J connectivity index is 1.68. The second-order valence-corrected chi connectivity index (χ2v) is 12.9. The lowest BCUT2D eigenvalue weighted by molar-refractivity contribution is 0.0974. The molecule has 0 saturated heterocycles. The summed E-state index contributed by atoms with van der Waals surface area (Å²) in [5.41, 5.74) is 1.50. The van der Waals surface area contributed by atoms with E-state index in [4.69, 9.17) is 9.47 Å². The zero-order valence-corrected chi connectivity index (χ0v) is 29.4. The van der Waals surface area contributed by atoms with Crippen molar-refractivity contribution in [3.63, 3.8) is 0 Å². The Kier molecular flexibility index (Phi) is 13.2. The van der Waals surface area contributed by atoms with Gasteiger partial charge in [0.05, 0.1) is 46.8 Å². The van der Waals surface area contributed by atoms with Crippen LogP contribution in [0.3, 0.4) is 0 Å². The van der Waals surface area contributed by atoms with E-state index in [1.54, 1.807) is 0 Å². The first-order valence-corrected chi connectivity index (χ1v) is 18.2. The molecular weight excluding hydrogens is 628 g/mol. The highest BCUT2D eigenvalue weighted by Crippen LogP contribution is 2.53. The molecule has 0 fully saturated rings. The number of fused-ring (bicyclic) bond motifs is 2. The number of aromatic hydroxyl groups is 2. The minimum Gasteiger partial charge on any atom is -0.507 e. The van der Waals surface area contributed by atoms with Gasteiger partial charge in [0, 0.05) is 11.4 Å². The number of phenolic OH excluding ortho intramolecular Hbond substituents is 2. The maximum atomic E-state index is 14.6. The summed E-state index contributed by atoms with van der Waals surface area (Å²) in [6, 6.07) is 21.2. The molecule has 0 saturated carbocycles. The van der Waals surface area contributed by atoms with Crippen LogP contribution in [0, 0.1) is 0 Å². The van der Waals surface area contributed by atoms with Crippen LogP contribution in [0.5, 0.6) is 23.0 Å². The van der Waals surface area contributed by atoms with Gasteiger partial charge in [-0.1, -0.05) is 114 Å². The molecule has 8 nitrogen and oxygen atoms in total. The molecule has 50 heavy (non-hydrogen) atoms. The number of para-hydroxylation sites is 2. The molecule has 264 valence electrons. The monoisotopic (exact) mass is 678 g/mol. The molecule has 5 rings (SSSR count). The van der Waals surface area contributed by atoms with Crippen LogP contribution in [0.1, 0.15) is 123 Å². The maximum Gasteiger partial charge on any atom is 0.200 e. The minimum atomic E-state index is -0.607. The number of benzene rings is 4. The minimum absolute atomic E-state index is 0.0375. The SMILES string of the molecule is CCCCCCCCOc1c(Nc2ccccc2)c2c(c(Nc3ccccc3)c1OCCCCCCCC)C(=O)c1c(O)ccc(O)c1C2=O. The molecule has 4 aromatic carbocycles. The van der Waals surface area contributed by atoms with E-state index in [0.717, 1.165) is 38.5 Å².